The van der Waals surface area contributed by atoms with Crippen molar-refractivity contribution in [3.05, 3.63) is 65.0 Å². The van der Waals surface area contributed by atoms with Gasteiger partial charge in [-0.05, 0) is 55.7 Å². The summed E-state index contributed by atoms with van der Waals surface area (Å²) >= 11 is 1.28. The first-order valence-corrected chi connectivity index (χ1v) is 11.9. The third-order valence-electron chi connectivity index (χ3n) is 5.39. The molecule has 1 aliphatic heterocycles. The average molecular weight is 479 g/mol. The molecule has 2 heterocycles. The number of nitrogens with zero attached hydrogens (tertiary/aromatic N) is 3. The minimum Gasteiger partial charge on any atom is -0.334 e. The Hall–Kier alpha value is -3.66. The molecule has 2 aromatic carbocycles. The first-order valence-electron chi connectivity index (χ1n) is 10.9. The number of anilines is 1. The Morgan fingerprint density at radius 1 is 1.12 bits per heavy atom. The minimum absolute atomic E-state index is 0.149. The molecule has 9 nitrogen and oxygen atoms in total. The molecule has 0 bridgehead atoms. The number of nitrogens with one attached hydrogen (secondary N) is 3. The Bertz CT molecular complexity index is 1240. The maximum Gasteiger partial charge on any atom is 0.321 e. The maximum absolute atomic E-state index is 12.6. The van der Waals surface area contributed by atoms with Crippen LogP contribution in [0.1, 0.15) is 28.9 Å². The summed E-state index contributed by atoms with van der Waals surface area (Å²) in [6, 6.07) is 12.8. The Morgan fingerprint density at radius 3 is 2.68 bits per heavy atom. The highest BCUT2D eigenvalue weighted by Gasteiger charge is 2.27. The number of aromatic nitrogens is 3. The van der Waals surface area contributed by atoms with Crippen LogP contribution in [0.25, 0.3) is 5.69 Å². The van der Waals surface area contributed by atoms with E-state index in [-0.39, 0.29) is 24.0 Å². The number of aryl methyl sites for hydroxylation is 3. The maximum atomic E-state index is 12.6. The number of hydrogen-bond acceptors (Lipinski definition) is 6. The third-order valence-corrected chi connectivity index (χ3v) is 6.32. The lowest BCUT2D eigenvalue weighted by Gasteiger charge is -2.23. The monoisotopic (exact) mass is 478 g/mol. The Labute approximate surface area is 201 Å². The molecule has 4 amide bonds. The van der Waals surface area contributed by atoms with Gasteiger partial charge >= 0.3 is 6.03 Å². The van der Waals surface area contributed by atoms with E-state index in [0.717, 1.165) is 28.1 Å². The largest absolute Gasteiger partial charge is 0.334 e. The van der Waals surface area contributed by atoms with Crippen LogP contribution in [-0.4, -0.2) is 44.4 Å². The number of carbonyl (C=O) groups is 3. The van der Waals surface area contributed by atoms with Crippen LogP contribution in [0.15, 0.2) is 47.6 Å². The van der Waals surface area contributed by atoms with E-state index in [1.165, 1.54) is 11.8 Å². The van der Waals surface area contributed by atoms with E-state index < -0.39 is 12.1 Å². The van der Waals surface area contributed by atoms with Crippen LogP contribution in [0.2, 0.25) is 0 Å². The molecule has 0 spiro atoms. The van der Waals surface area contributed by atoms with Gasteiger partial charge in [0, 0.05) is 24.6 Å². The van der Waals surface area contributed by atoms with Crippen LogP contribution in [0.3, 0.4) is 0 Å². The zero-order valence-electron chi connectivity index (χ0n) is 19.2. The number of rotatable bonds is 7. The van der Waals surface area contributed by atoms with Gasteiger partial charge in [-0.25, -0.2) is 4.79 Å². The van der Waals surface area contributed by atoms with Gasteiger partial charge in [-0.15, -0.1) is 10.2 Å². The van der Waals surface area contributed by atoms with Gasteiger partial charge in [0.15, 0.2) is 5.16 Å². The second-order valence-corrected chi connectivity index (χ2v) is 9.30. The van der Waals surface area contributed by atoms with Gasteiger partial charge < -0.3 is 10.6 Å². The van der Waals surface area contributed by atoms with E-state index >= 15 is 0 Å². The molecule has 1 fully saturated rings. The van der Waals surface area contributed by atoms with Crippen LogP contribution in [0.5, 0.6) is 0 Å². The van der Waals surface area contributed by atoms with E-state index in [1.54, 1.807) is 0 Å². The number of hydrogen-bond donors (Lipinski definition) is 3. The van der Waals surface area contributed by atoms with Gasteiger partial charge in [0.1, 0.15) is 5.82 Å². The standard InChI is InChI=1S/C24H26N6O3S/c1-14-5-4-6-17(9-14)25-22(32)13-34-24-29-28-20(11-18-12-21(31)27-23(33)26-18)30(24)19-10-15(2)7-8-16(19)3/h4-10,18H,11-13H2,1-3H3,(H,25,32)(H2,26,27,31,33). The summed E-state index contributed by atoms with van der Waals surface area (Å²) in [5.41, 5.74) is 4.79. The molecule has 10 heteroatoms. The number of imide groups is 1. The molecule has 1 aliphatic rings. The Kier molecular flexibility index (Phi) is 6.97. The Morgan fingerprint density at radius 2 is 1.91 bits per heavy atom. The van der Waals surface area contributed by atoms with Crippen molar-refractivity contribution in [2.24, 2.45) is 0 Å². The van der Waals surface area contributed by atoms with Gasteiger partial charge in [-0.1, -0.05) is 36.0 Å². The highest BCUT2D eigenvalue weighted by molar-refractivity contribution is 7.99. The molecule has 3 aromatic rings. The smallest absolute Gasteiger partial charge is 0.321 e. The first kappa shape index (κ1) is 23.5. The van der Waals surface area contributed by atoms with E-state index in [1.807, 2.05) is 67.8 Å². The molecule has 176 valence electrons. The normalized spacial score (nSPS) is 15.6. The van der Waals surface area contributed by atoms with Crippen molar-refractivity contribution in [2.75, 3.05) is 11.1 Å². The van der Waals surface area contributed by atoms with Gasteiger partial charge in [0.2, 0.25) is 11.8 Å². The van der Waals surface area contributed by atoms with Crippen molar-refractivity contribution in [3.8, 4) is 5.69 Å². The quantitative estimate of drug-likeness (QED) is 0.449. The highest BCUT2D eigenvalue weighted by atomic mass is 32.2. The number of thioether (sulfide) groups is 1. The van der Waals surface area contributed by atoms with Crippen molar-refractivity contribution < 1.29 is 14.4 Å². The van der Waals surface area contributed by atoms with Gasteiger partial charge in [0.05, 0.1) is 11.4 Å². The summed E-state index contributed by atoms with van der Waals surface area (Å²) in [5, 5.41) is 17.2. The van der Waals surface area contributed by atoms with Crippen LogP contribution < -0.4 is 16.0 Å². The first-order chi connectivity index (χ1) is 16.3. The van der Waals surface area contributed by atoms with Crippen LogP contribution in [0, 0.1) is 20.8 Å². The molecule has 0 radical (unpaired) electrons. The van der Waals surface area contributed by atoms with E-state index in [9.17, 15) is 14.4 Å². The molecule has 1 aromatic heterocycles. The summed E-state index contributed by atoms with van der Waals surface area (Å²) in [5.74, 6) is 0.285. The zero-order valence-corrected chi connectivity index (χ0v) is 20.0. The summed E-state index contributed by atoms with van der Waals surface area (Å²) in [6.07, 6.45) is 0.488. The summed E-state index contributed by atoms with van der Waals surface area (Å²) in [7, 11) is 0. The molecule has 0 aliphatic carbocycles. The summed E-state index contributed by atoms with van der Waals surface area (Å²) in [6.45, 7) is 5.96. The van der Waals surface area contributed by atoms with Gasteiger partial charge in [-0.3, -0.25) is 19.5 Å². The van der Waals surface area contributed by atoms with Crippen LogP contribution in [0.4, 0.5) is 10.5 Å². The number of benzene rings is 2. The molecular formula is C24H26N6O3S. The fourth-order valence-electron chi connectivity index (χ4n) is 3.80. The molecule has 34 heavy (non-hydrogen) atoms. The molecule has 1 saturated heterocycles. The molecule has 3 N–H and O–H groups in total. The van der Waals surface area contributed by atoms with E-state index in [0.29, 0.717) is 17.4 Å². The topological polar surface area (TPSA) is 118 Å². The van der Waals surface area contributed by atoms with Crippen LogP contribution >= 0.6 is 11.8 Å². The van der Waals surface area contributed by atoms with Crippen molar-refractivity contribution in [1.29, 1.82) is 0 Å². The predicted octanol–water partition coefficient (Wildman–Crippen LogP) is 3.06. The van der Waals surface area contributed by atoms with Gasteiger partial charge in [0.25, 0.3) is 0 Å². The second-order valence-electron chi connectivity index (χ2n) is 8.36. The van der Waals surface area contributed by atoms with Gasteiger partial charge in [-0.2, -0.15) is 0 Å². The number of amides is 4. The van der Waals surface area contributed by atoms with Crippen LogP contribution in [-0.2, 0) is 16.0 Å². The van der Waals surface area contributed by atoms with Crippen molar-refractivity contribution in [1.82, 2.24) is 25.4 Å². The average Bonchev–Trinajstić information content (AvgIpc) is 3.15. The lowest BCUT2D eigenvalue weighted by molar-refractivity contribution is -0.121. The second kappa shape index (κ2) is 10.1. The molecule has 0 saturated carbocycles. The molecule has 4 rings (SSSR count). The van der Waals surface area contributed by atoms with Crippen molar-refractivity contribution >= 4 is 35.3 Å². The molecule has 1 atom stereocenters. The number of urea groups is 1. The lowest BCUT2D eigenvalue weighted by Crippen LogP contribution is -2.53. The van der Waals surface area contributed by atoms with E-state index in [4.69, 9.17) is 0 Å². The summed E-state index contributed by atoms with van der Waals surface area (Å²) < 4.78 is 1.91. The third kappa shape index (κ3) is 5.63. The zero-order chi connectivity index (χ0) is 24.2. The molecular weight excluding hydrogens is 452 g/mol. The summed E-state index contributed by atoms with van der Waals surface area (Å²) in [4.78, 5) is 36.1. The molecule has 1 unspecified atom stereocenters. The number of carbonyl (C=O) groups excluding carboxylic acids is 3. The van der Waals surface area contributed by atoms with Crippen molar-refractivity contribution in [2.45, 2.75) is 44.8 Å². The van der Waals surface area contributed by atoms with Crippen molar-refractivity contribution in [3.63, 3.8) is 0 Å². The fraction of sp³-hybridized carbons (Fsp3) is 0.292. The SMILES string of the molecule is Cc1cccc(NC(=O)CSc2nnc(CC3CC(=O)NC(=O)N3)n2-c2cc(C)ccc2C)c1. The predicted molar refractivity (Wildman–Crippen MR) is 130 cm³/mol. The lowest BCUT2D eigenvalue weighted by atomic mass is 10.1. The fourth-order valence-corrected chi connectivity index (χ4v) is 4.56. The Balaban J connectivity index is 1.58. The minimum atomic E-state index is -0.513. The highest BCUT2D eigenvalue weighted by Crippen LogP contribution is 2.26. The van der Waals surface area contributed by atoms with E-state index in [2.05, 4.69) is 26.1 Å².